The highest BCUT2D eigenvalue weighted by Crippen LogP contribution is 2.34. The minimum absolute atomic E-state index is 0.0672. The molecule has 1 aliphatic rings. The molecule has 1 saturated heterocycles. The summed E-state index contributed by atoms with van der Waals surface area (Å²) in [7, 11) is 0. The molecule has 0 bridgehead atoms. The van der Waals surface area contributed by atoms with Crippen molar-refractivity contribution >= 4 is 22.5 Å². The first kappa shape index (κ1) is 21.1. The molecule has 0 spiro atoms. The summed E-state index contributed by atoms with van der Waals surface area (Å²) in [5.41, 5.74) is 1.33. The molecule has 1 aromatic heterocycles. The summed E-state index contributed by atoms with van der Waals surface area (Å²) in [6.07, 6.45) is -0.672. The van der Waals surface area contributed by atoms with Crippen molar-refractivity contribution < 1.29 is 23.1 Å². The molecular weight excluding hydrogens is 407 g/mol. The summed E-state index contributed by atoms with van der Waals surface area (Å²) in [5, 5.41) is 14.1. The SMILES string of the molecule is O=C(Cc1ccc(C(F)(F)F)cc1)Nc1cc(CN2CCCC2)c(O)c2ncccc12. The topological polar surface area (TPSA) is 65.5 Å². The number of anilines is 1. The molecular formula is C23H22F3N3O2. The van der Waals surface area contributed by atoms with E-state index < -0.39 is 11.7 Å². The van der Waals surface area contributed by atoms with Crippen molar-refractivity contribution in [3.8, 4) is 5.75 Å². The van der Waals surface area contributed by atoms with Gasteiger partial charge in [-0.25, -0.2) is 0 Å². The van der Waals surface area contributed by atoms with Crippen molar-refractivity contribution in [2.75, 3.05) is 18.4 Å². The standard InChI is InChI=1S/C23H22F3N3O2/c24-23(25,26)17-7-5-15(6-8-17)12-20(30)28-19-13-16(14-29-10-1-2-11-29)22(31)21-18(19)4-3-9-27-21/h3-9,13,31H,1-2,10-12,14H2,(H,28,30). The minimum Gasteiger partial charge on any atom is -0.505 e. The van der Waals surface area contributed by atoms with Gasteiger partial charge in [-0.05, 0) is 61.8 Å². The number of aromatic hydroxyl groups is 1. The van der Waals surface area contributed by atoms with Gasteiger partial charge in [0, 0.05) is 23.7 Å². The van der Waals surface area contributed by atoms with Crippen LogP contribution < -0.4 is 5.32 Å². The number of carbonyl (C=O) groups excluding carboxylic acids is 1. The predicted molar refractivity (Wildman–Crippen MR) is 112 cm³/mol. The summed E-state index contributed by atoms with van der Waals surface area (Å²) < 4.78 is 38.2. The fourth-order valence-electron chi connectivity index (χ4n) is 3.88. The zero-order chi connectivity index (χ0) is 22.0. The van der Waals surface area contributed by atoms with E-state index in [1.165, 1.54) is 12.1 Å². The molecule has 2 heterocycles. The van der Waals surface area contributed by atoms with Gasteiger partial charge in [0.1, 0.15) is 11.3 Å². The molecule has 0 aliphatic carbocycles. The van der Waals surface area contributed by atoms with E-state index >= 15 is 0 Å². The second-order valence-corrected chi connectivity index (χ2v) is 7.73. The van der Waals surface area contributed by atoms with Crippen molar-refractivity contribution in [2.24, 2.45) is 0 Å². The second kappa shape index (κ2) is 8.55. The van der Waals surface area contributed by atoms with Crippen molar-refractivity contribution in [3.05, 3.63) is 65.4 Å². The van der Waals surface area contributed by atoms with Gasteiger partial charge in [0.05, 0.1) is 17.7 Å². The first-order valence-corrected chi connectivity index (χ1v) is 10.1. The number of benzene rings is 2. The maximum atomic E-state index is 12.7. The molecule has 1 fully saturated rings. The molecule has 0 radical (unpaired) electrons. The summed E-state index contributed by atoms with van der Waals surface area (Å²) in [5.74, 6) is -0.258. The zero-order valence-electron chi connectivity index (χ0n) is 16.7. The number of fused-ring (bicyclic) bond motifs is 1. The number of amides is 1. The van der Waals surface area contributed by atoms with Gasteiger partial charge < -0.3 is 10.4 Å². The molecule has 31 heavy (non-hydrogen) atoms. The average molecular weight is 429 g/mol. The molecule has 3 aromatic rings. The van der Waals surface area contributed by atoms with Gasteiger partial charge in [0.15, 0.2) is 0 Å². The van der Waals surface area contributed by atoms with E-state index in [-0.39, 0.29) is 18.1 Å². The quantitative estimate of drug-likeness (QED) is 0.576. The van der Waals surface area contributed by atoms with Crippen molar-refractivity contribution in [1.29, 1.82) is 0 Å². The fraction of sp³-hybridized carbons (Fsp3) is 0.304. The number of phenolic OH excluding ortho intramolecular Hbond substituents is 1. The molecule has 4 rings (SSSR count). The van der Waals surface area contributed by atoms with Gasteiger partial charge in [-0.2, -0.15) is 13.2 Å². The number of aromatic nitrogens is 1. The van der Waals surface area contributed by atoms with Gasteiger partial charge in [-0.1, -0.05) is 12.1 Å². The summed E-state index contributed by atoms with van der Waals surface area (Å²) >= 11 is 0. The lowest BCUT2D eigenvalue weighted by molar-refractivity contribution is -0.137. The average Bonchev–Trinajstić information content (AvgIpc) is 3.24. The third-order valence-electron chi connectivity index (χ3n) is 5.46. The van der Waals surface area contributed by atoms with Crippen LogP contribution in [0.2, 0.25) is 0 Å². The van der Waals surface area contributed by atoms with Crippen LogP contribution in [0.4, 0.5) is 18.9 Å². The highest BCUT2D eigenvalue weighted by Gasteiger charge is 2.30. The smallest absolute Gasteiger partial charge is 0.416 e. The Morgan fingerprint density at radius 2 is 1.84 bits per heavy atom. The largest absolute Gasteiger partial charge is 0.505 e. The number of alkyl halides is 3. The van der Waals surface area contributed by atoms with Crippen molar-refractivity contribution in [1.82, 2.24) is 9.88 Å². The number of nitrogens with one attached hydrogen (secondary N) is 1. The van der Waals surface area contributed by atoms with Crippen LogP contribution in [0.3, 0.4) is 0 Å². The van der Waals surface area contributed by atoms with E-state index in [0.29, 0.717) is 34.3 Å². The first-order chi connectivity index (χ1) is 14.8. The number of phenols is 1. The lowest BCUT2D eigenvalue weighted by atomic mass is 10.1. The molecule has 2 aromatic carbocycles. The Morgan fingerprint density at radius 1 is 1.13 bits per heavy atom. The summed E-state index contributed by atoms with van der Waals surface area (Å²) in [6, 6.07) is 9.77. The van der Waals surface area contributed by atoms with Crippen LogP contribution in [-0.4, -0.2) is 34.0 Å². The van der Waals surface area contributed by atoms with Crippen LogP contribution >= 0.6 is 0 Å². The highest BCUT2D eigenvalue weighted by molar-refractivity contribution is 6.03. The van der Waals surface area contributed by atoms with Crippen molar-refractivity contribution in [2.45, 2.75) is 32.0 Å². The molecule has 1 aliphatic heterocycles. The predicted octanol–water partition coefficient (Wildman–Crippen LogP) is 4.74. The lowest BCUT2D eigenvalue weighted by Gasteiger charge is -2.18. The van der Waals surface area contributed by atoms with E-state index in [1.807, 2.05) is 0 Å². The van der Waals surface area contributed by atoms with Crippen LogP contribution in [0.1, 0.15) is 29.5 Å². The molecule has 0 saturated carbocycles. The lowest BCUT2D eigenvalue weighted by Crippen LogP contribution is -2.19. The maximum absolute atomic E-state index is 12.7. The summed E-state index contributed by atoms with van der Waals surface area (Å²) in [4.78, 5) is 19.1. The van der Waals surface area contributed by atoms with E-state index in [4.69, 9.17) is 0 Å². The Bertz CT molecular complexity index is 1090. The number of nitrogens with zero attached hydrogens (tertiary/aromatic N) is 2. The van der Waals surface area contributed by atoms with Crippen LogP contribution in [0, 0.1) is 0 Å². The van der Waals surface area contributed by atoms with Crippen LogP contribution in [0.25, 0.3) is 10.9 Å². The molecule has 2 N–H and O–H groups in total. The Hall–Kier alpha value is -3.13. The Balaban J connectivity index is 1.56. The number of halogens is 3. The van der Waals surface area contributed by atoms with Gasteiger partial charge >= 0.3 is 6.18 Å². The van der Waals surface area contributed by atoms with Gasteiger partial charge in [0.25, 0.3) is 0 Å². The van der Waals surface area contributed by atoms with E-state index in [1.54, 1.807) is 24.4 Å². The van der Waals surface area contributed by atoms with Gasteiger partial charge in [0.2, 0.25) is 5.91 Å². The maximum Gasteiger partial charge on any atom is 0.416 e. The molecule has 0 atom stereocenters. The molecule has 0 unspecified atom stereocenters. The number of carbonyl (C=O) groups is 1. The number of hydrogen-bond donors (Lipinski definition) is 2. The van der Waals surface area contributed by atoms with E-state index in [2.05, 4.69) is 15.2 Å². The van der Waals surface area contributed by atoms with E-state index in [0.717, 1.165) is 38.1 Å². The van der Waals surface area contributed by atoms with E-state index in [9.17, 15) is 23.1 Å². The molecule has 8 heteroatoms. The van der Waals surface area contributed by atoms with Gasteiger partial charge in [-0.3, -0.25) is 14.7 Å². The van der Waals surface area contributed by atoms with Crippen LogP contribution in [0.5, 0.6) is 5.75 Å². The number of hydrogen-bond acceptors (Lipinski definition) is 4. The fourth-order valence-corrected chi connectivity index (χ4v) is 3.88. The third-order valence-corrected chi connectivity index (χ3v) is 5.46. The summed E-state index contributed by atoms with van der Waals surface area (Å²) in [6.45, 7) is 2.46. The minimum atomic E-state index is -4.41. The second-order valence-electron chi connectivity index (χ2n) is 7.73. The molecule has 5 nitrogen and oxygen atoms in total. The monoisotopic (exact) mass is 429 g/mol. The van der Waals surface area contributed by atoms with Crippen LogP contribution in [0.15, 0.2) is 48.7 Å². The highest BCUT2D eigenvalue weighted by atomic mass is 19.4. The first-order valence-electron chi connectivity index (χ1n) is 10.1. The molecule has 162 valence electrons. The Kier molecular flexibility index (Phi) is 5.82. The Morgan fingerprint density at radius 3 is 2.52 bits per heavy atom. The molecule has 1 amide bonds. The number of likely N-dealkylation sites (tertiary alicyclic amines) is 1. The zero-order valence-corrected chi connectivity index (χ0v) is 16.7. The van der Waals surface area contributed by atoms with Crippen LogP contribution in [-0.2, 0) is 23.9 Å². The van der Waals surface area contributed by atoms with Crippen molar-refractivity contribution in [3.63, 3.8) is 0 Å². The Labute approximate surface area is 177 Å². The number of pyridine rings is 1. The third kappa shape index (κ3) is 4.80. The normalized spacial score (nSPS) is 14.8. The van der Waals surface area contributed by atoms with Gasteiger partial charge in [-0.15, -0.1) is 0 Å². The number of rotatable bonds is 5.